The number of imide groups is 2. The fraction of sp³-hybridized carbons (Fsp3) is 0.522. The molecule has 2 fully saturated rings. The standard InChI is InChI=1S/C23H28N4O6/c28-18-7-6-16(21(30)26-18)27-22(31)15-4-1-5-17(20(15)23(27)32)33-13-19(29)25-10-2-3-14-8-11-24-12-9-14/h1,4-5,14,16,24H,2-3,6-13H2,(H,25,29)(H,26,28,30). The molecule has 176 valence electrons. The van der Waals surface area contributed by atoms with Gasteiger partial charge in [0.1, 0.15) is 11.8 Å². The Morgan fingerprint density at radius 1 is 1.09 bits per heavy atom. The summed E-state index contributed by atoms with van der Waals surface area (Å²) in [5, 5.41) is 8.32. The van der Waals surface area contributed by atoms with Crippen molar-refractivity contribution in [3.05, 3.63) is 29.3 Å². The van der Waals surface area contributed by atoms with E-state index < -0.39 is 29.7 Å². The minimum absolute atomic E-state index is 0.0332. The monoisotopic (exact) mass is 456 g/mol. The third kappa shape index (κ3) is 5.05. The molecule has 3 aliphatic rings. The first-order valence-corrected chi connectivity index (χ1v) is 11.4. The van der Waals surface area contributed by atoms with Gasteiger partial charge in [-0.2, -0.15) is 0 Å². The van der Waals surface area contributed by atoms with Gasteiger partial charge < -0.3 is 15.4 Å². The molecule has 3 heterocycles. The minimum atomic E-state index is -1.05. The van der Waals surface area contributed by atoms with Gasteiger partial charge in [-0.05, 0) is 63.2 Å². The SMILES string of the molecule is O=C(COc1cccc2c1C(=O)N(C1CCC(=O)NC1=O)C2=O)NCCCC1CCNCC1. The molecule has 0 radical (unpaired) electrons. The molecule has 10 heteroatoms. The summed E-state index contributed by atoms with van der Waals surface area (Å²) in [5.74, 6) is -1.88. The number of carbonyl (C=O) groups excluding carboxylic acids is 5. The molecule has 0 bridgehead atoms. The van der Waals surface area contributed by atoms with Crippen molar-refractivity contribution in [3.63, 3.8) is 0 Å². The van der Waals surface area contributed by atoms with E-state index in [1.54, 1.807) is 6.07 Å². The number of nitrogens with zero attached hydrogens (tertiary/aromatic N) is 1. The second-order valence-electron chi connectivity index (χ2n) is 8.60. The largest absolute Gasteiger partial charge is 0.483 e. The second kappa shape index (κ2) is 10.1. The Hall–Kier alpha value is -3.27. The van der Waals surface area contributed by atoms with Crippen LogP contribution >= 0.6 is 0 Å². The lowest BCUT2D eigenvalue weighted by Gasteiger charge is -2.27. The lowest BCUT2D eigenvalue weighted by molar-refractivity contribution is -0.136. The number of carbonyl (C=O) groups is 5. The summed E-state index contributed by atoms with van der Waals surface area (Å²) < 4.78 is 5.58. The van der Waals surface area contributed by atoms with Gasteiger partial charge in [-0.3, -0.25) is 34.2 Å². The number of ether oxygens (including phenoxy) is 1. The number of benzene rings is 1. The predicted molar refractivity (Wildman–Crippen MR) is 116 cm³/mol. The molecule has 1 aromatic carbocycles. The predicted octanol–water partition coefficient (Wildman–Crippen LogP) is 0.363. The van der Waals surface area contributed by atoms with Crippen LogP contribution in [0.5, 0.6) is 5.75 Å². The van der Waals surface area contributed by atoms with Gasteiger partial charge in [0.05, 0.1) is 11.1 Å². The highest BCUT2D eigenvalue weighted by molar-refractivity contribution is 6.24. The zero-order chi connectivity index (χ0) is 23.4. The Bertz CT molecular complexity index is 972. The maximum atomic E-state index is 13.0. The molecule has 1 atom stereocenters. The minimum Gasteiger partial charge on any atom is -0.483 e. The maximum absolute atomic E-state index is 13.0. The van der Waals surface area contributed by atoms with Gasteiger partial charge in [0, 0.05) is 13.0 Å². The van der Waals surface area contributed by atoms with Crippen molar-refractivity contribution in [2.24, 2.45) is 5.92 Å². The molecule has 4 rings (SSSR count). The second-order valence-corrected chi connectivity index (χ2v) is 8.60. The van der Waals surface area contributed by atoms with E-state index in [9.17, 15) is 24.0 Å². The number of hydrogen-bond acceptors (Lipinski definition) is 7. The average molecular weight is 456 g/mol. The van der Waals surface area contributed by atoms with Crippen LogP contribution in [0.25, 0.3) is 0 Å². The van der Waals surface area contributed by atoms with E-state index in [0.29, 0.717) is 12.5 Å². The summed E-state index contributed by atoms with van der Waals surface area (Å²) in [7, 11) is 0. The molecule has 0 saturated carbocycles. The summed E-state index contributed by atoms with van der Waals surface area (Å²) >= 11 is 0. The maximum Gasteiger partial charge on any atom is 0.266 e. The third-order valence-electron chi connectivity index (χ3n) is 6.36. The van der Waals surface area contributed by atoms with Crippen molar-refractivity contribution in [2.75, 3.05) is 26.2 Å². The van der Waals surface area contributed by atoms with Crippen molar-refractivity contribution >= 4 is 29.5 Å². The average Bonchev–Trinajstić information content (AvgIpc) is 3.07. The number of rotatable bonds is 8. The lowest BCUT2D eigenvalue weighted by Crippen LogP contribution is -2.54. The zero-order valence-electron chi connectivity index (χ0n) is 18.4. The molecule has 3 aliphatic heterocycles. The summed E-state index contributed by atoms with van der Waals surface area (Å²) in [6.45, 7) is 2.37. The van der Waals surface area contributed by atoms with Crippen molar-refractivity contribution in [1.29, 1.82) is 0 Å². The van der Waals surface area contributed by atoms with Gasteiger partial charge in [0.15, 0.2) is 6.61 Å². The van der Waals surface area contributed by atoms with Crippen LogP contribution in [-0.4, -0.2) is 66.7 Å². The lowest BCUT2D eigenvalue weighted by atomic mass is 9.93. The molecule has 0 aliphatic carbocycles. The normalized spacial score (nSPS) is 21.1. The van der Waals surface area contributed by atoms with Crippen molar-refractivity contribution in [2.45, 2.75) is 44.6 Å². The van der Waals surface area contributed by atoms with Crippen LogP contribution in [0.15, 0.2) is 18.2 Å². The Kier molecular flexibility index (Phi) is 7.02. The number of hydrogen-bond donors (Lipinski definition) is 3. The molecule has 3 N–H and O–H groups in total. The highest BCUT2D eigenvalue weighted by Gasteiger charge is 2.46. The van der Waals surface area contributed by atoms with Crippen LogP contribution in [0.1, 0.15) is 59.2 Å². The number of amides is 5. The van der Waals surface area contributed by atoms with E-state index in [-0.39, 0.29) is 42.2 Å². The first-order chi connectivity index (χ1) is 16.0. The summed E-state index contributed by atoms with van der Waals surface area (Å²) in [6.07, 6.45) is 4.42. The van der Waals surface area contributed by atoms with E-state index in [2.05, 4.69) is 16.0 Å². The van der Waals surface area contributed by atoms with Crippen LogP contribution in [0, 0.1) is 5.92 Å². The van der Waals surface area contributed by atoms with E-state index >= 15 is 0 Å². The molecule has 10 nitrogen and oxygen atoms in total. The zero-order valence-corrected chi connectivity index (χ0v) is 18.4. The molecular formula is C23H28N4O6. The van der Waals surface area contributed by atoms with Crippen LogP contribution in [0.3, 0.4) is 0 Å². The van der Waals surface area contributed by atoms with Gasteiger partial charge in [-0.1, -0.05) is 6.07 Å². The van der Waals surface area contributed by atoms with Gasteiger partial charge in [-0.15, -0.1) is 0 Å². The highest BCUT2D eigenvalue weighted by Crippen LogP contribution is 2.33. The van der Waals surface area contributed by atoms with Crippen molar-refractivity contribution < 1.29 is 28.7 Å². The van der Waals surface area contributed by atoms with Gasteiger partial charge >= 0.3 is 0 Å². The highest BCUT2D eigenvalue weighted by atomic mass is 16.5. The first kappa shape index (κ1) is 22.9. The van der Waals surface area contributed by atoms with Crippen LogP contribution < -0.4 is 20.7 Å². The molecule has 5 amide bonds. The Balaban J connectivity index is 1.32. The number of piperidine rings is 2. The summed E-state index contributed by atoms with van der Waals surface area (Å²) in [4.78, 5) is 62.5. The number of fused-ring (bicyclic) bond motifs is 1. The smallest absolute Gasteiger partial charge is 0.266 e. The molecule has 33 heavy (non-hydrogen) atoms. The molecular weight excluding hydrogens is 428 g/mol. The van der Waals surface area contributed by atoms with Gasteiger partial charge in [0.2, 0.25) is 11.8 Å². The Morgan fingerprint density at radius 3 is 2.64 bits per heavy atom. The molecule has 2 saturated heterocycles. The Labute approximate surface area is 191 Å². The van der Waals surface area contributed by atoms with Crippen molar-refractivity contribution in [1.82, 2.24) is 20.9 Å². The van der Waals surface area contributed by atoms with Crippen LogP contribution in [-0.2, 0) is 14.4 Å². The van der Waals surface area contributed by atoms with Crippen LogP contribution in [0.2, 0.25) is 0 Å². The van der Waals surface area contributed by atoms with Gasteiger partial charge in [-0.25, -0.2) is 0 Å². The Morgan fingerprint density at radius 2 is 1.88 bits per heavy atom. The van der Waals surface area contributed by atoms with Gasteiger partial charge in [0.25, 0.3) is 17.7 Å². The van der Waals surface area contributed by atoms with E-state index in [0.717, 1.165) is 30.8 Å². The molecule has 0 spiro atoms. The van der Waals surface area contributed by atoms with E-state index in [1.807, 2.05) is 0 Å². The molecule has 1 unspecified atom stereocenters. The first-order valence-electron chi connectivity index (χ1n) is 11.4. The van der Waals surface area contributed by atoms with Crippen molar-refractivity contribution in [3.8, 4) is 5.75 Å². The van der Waals surface area contributed by atoms with Crippen LogP contribution in [0.4, 0.5) is 0 Å². The summed E-state index contributed by atoms with van der Waals surface area (Å²) in [5.41, 5.74) is 0.149. The fourth-order valence-electron chi connectivity index (χ4n) is 4.59. The van der Waals surface area contributed by atoms with E-state index in [1.165, 1.54) is 25.0 Å². The topological polar surface area (TPSA) is 134 Å². The molecule has 0 aromatic heterocycles. The van der Waals surface area contributed by atoms with E-state index in [4.69, 9.17) is 4.74 Å². The number of nitrogens with one attached hydrogen (secondary N) is 3. The third-order valence-corrected chi connectivity index (χ3v) is 6.36. The quantitative estimate of drug-likeness (QED) is 0.380. The summed E-state index contributed by atoms with van der Waals surface area (Å²) in [6, 6.07) is 3.51. The fourth-order valence-corrected chi connectivity index (χ4v) is 4.59. The molecule has 1 aromatic rings.